The summed E-state index contributed by atoms with van der Waals surface area (Å²) in [5, 5.41) is -0.858. The molecular formula is C7H15NO4S. The van der Waals surface area contributed by atoms with E-state index >= 15 is 0 Å². The lowest BCUT2D eigenvalue weighted by Crippen LogP contribution is -2.29. The van der Waals surface area contributed by atoms with Crippen molar-refractivity contribution in [1.29, 1.82) is 0 Å². The van der Waals surface area contributed by atoms with E-state index in [0.29, 0.717) is 12.8 Å². The second-order valence-corrected chi connectivity index (χ2v) is 5.11. The van der Waals surface area contributed by atoms with Crippen molar-refractivity contribution in [3.05, 3.63) is 0 Å². The van der Waals surface area contributed by atoms with Crippen molar-refractivity contribution in [3.63, 3.8) is 0 Å². The molecule has 78 valence electrons. The van der Waals surface area contributed by atoms with Crippen molar-refractivity contribution < 1.29 is 17.9 Å². The first-order chi connectivity index (χ1) is 5.84. The van der Waals surface area contributed by atoms with Crippen LogP contribution in [0.25, 0.3) is 0 Å². The third kappa shape index (κ3) is 6.53. The quantitative estimate of drug-likeness (QED) is 0.494. The Bertz CT molecular complexity index is 260. The normalized spacial score (nSPS) is 13.8. The number of sulfone groups is 1. The van der Waals surface area contributed by atoms with Gasteiger partial charge < -0.3 is 10.5 Å². The summed E-state index contributed by atoms with van der Waals surface area (Å²) in [5.74, 6) is -0.368. The molecule has 0 radical (unpaired) electrons. The lowest BCUT2D eigenvalue weighted by atomic mass is 10.3. The first-order valence-corrected chi connectivity index (χ1v) is 5.87. The van der Waals surface area contributed by atoms with E-state index in [0.717, 1.165) is 6.26 Å². The van der Waals surface area contributed by atoms with Crippen LogP contribution in [0.1, 0.15) is 19.8 Å². The molecule has 0 saturated heterocycles. The number of hydrogen-bond acceptors (Lipinski definition) is 5. The molecule has 0 bridgehead atoms. The van der Waals surface area contributed by atoms with Gasteiger partial charge >= 0.3 is 5.97 Å². The second-order valence-electron chi connectivity index (χ2n) is 2.85. The summed E-state index contributed by atoms with van der Waals surface area (Å²) in [6.07, 6.45) is 1.86. The summed E-state index contributed by atoms with van der Waals surface area (Å²) in [5.41, 5.74) is 5.34. The summed E-state index contributed by atoms with van der Waals surface area (Å²) in [6, 6.07) is 0. The molecule has 1 atom stereocenters. The molecule has 0 aliphatic rings. The van der Waals surface area contributed by atoms with Crippen molar-refractivity contribution in [3.8, 4) is 0 Å². The van der Waals surface area contributed by atoms with Gasteiger partial charge in [0.15, 0.2) is 9.84 Å². The number of ether oxygens (including phenoxy) is 1. The lowest BCUT2D eigenvalue weighted by molar-refractivity contribution is -0.141. The molecule has 2 N–H and O–H groups in total. The molecule has 0 rings (SSSR count). The smallest absolute Gasteiger partial charge is 0.302 e. The predicted molar refractivity (Wildman–Crippen MR) is 48.7 cm³/mol. The molecular weight excluding hydrogens is 194 g/mol. The highest BCUT2D eigenvalue weighted by atomic mass is 32.2. The molecule has 0 spiro atoms. The zero-order valence-electron chi connectivity index (χ0n) is 7.82. The Kier molecular flexibility index (Phi) is 4.94. The van der Waals surface area contributed by atoms with Gasteiger partial charge in [0.1, 0.15) is 5.37 Å². The summed E-state index contributed by atoms with van der Waals surface area (Å²) in [7, 11) is -3.17. The van der Waals surface area contributed by atoms with Gasteiger partial charge in [-0.1, -0.05) is 0 Å². The van der Waals surface area contributed by atoms with Crippen molar-refractivity contribution >= 4 is 15.8 Å². The van der Waals surface area contributed by atoms with E-state index < -0.39 is 15.2 Å². The molecule has 0 aliphatic heterocycles. The maximum atomic E-state index is 10.8. The van der Waals surface area contributed by atoms with Gasteiger partial charge in [-0.3, -0.25) is 4.79 Å². The first kappa shape index (κ1) is 12.4. The molecule has 0 saturated carbocycles. The average Bonchev–Trinajstić information content (AvgIpc) is 1.95. The van der Waals surface area contributed by atoms with E-state index in [1.807, 2.05) is 0 Å². The van der Waals surface area contributed by atoms with Gasteiger partial charge in [-0.05, 0) is 12.8 Å². The van der Waals surface area contributed by atoms with Crippen LogP contribution < -0.4 is 5.73 Å². The average molecular weight is 209 g/mol. The lowest BCUT2D eigenvalue weighted by Gasteiger charge is -2.08. The van der Waals surface area contributed by atoms with Gasteiger partial charge in [0.25, 0.3) is 0 Å². The standard InChI is InChI=1S/C7H15NO4S/c1-6(9)12-5-3-4-7(8)13(2,10)11/h7H,3-5,8H2,1-2H3. The van der Waals surface area contributed by atoms with Crippen LogP contribution >= 0.6 is 0 Å². The number of carbonyl (C=O) groups excluding carboxylic acids is 1. The van der Waals surface area contributed by atoms with Gasteiger partial charge in [0.2, 0.25) is 0 Å². The van der Waals surface area contributed by atoms with Crippen LogP contribution in [0.2, 0.25) is 0 Å². The third-order valence-electron chi connectivity index (χ3n) is 1.49. The van der Waals surface area contributed by atoms with Crippen LogP contribution in [0, 0.1) is 0 Å². The maximum absolute atomic E-state index is 10.8. The maximum Gasteiger partial charge on any atom is 0.302 e. The van der Waals surface area contributed by atoms with Crippen LogP contribution in [0.5, 0.6) is 0 Å². The predicted octanol–water partition coefficient (Wildman–Crippen LogP) is -0.341. The van der Waals surface area contributed by atoms with E-state index in [-0.39, 0.29) is 12.6 Å². The highest BCUT2D eigenvalue weighted by Gasteiger charge is 2.14. The summed E-state index contributed by atoms with van der Waals surface area (Å²) < 4.78 is 26.3. The number of hydrogen-bond donors (Lipinski definition) is 1. The molecule has 0 aliphatic carbocycles. The fourth-order valence-electron chi connectivity index (χ4n) is 0.714. The summed E-state index contributed by atoms with van der Waals surface area (Å²) >= 11 is 0. The van der Waals surface area contributed by atoms with Crippen molar-refractivity contribution in [2.45, 2.75) is 25.1 Å². The fraction of sp³-hybridized carbons (Fsp3) is 0.857. The topological polar surface area (TPSA) is 86.5 Å². The minimum absolute atomic E-state index is 0.221. The Labute approximate surface area is 78.2 Å². The van der Waals surface area contributed by atoms with Crippen LogP contribution in [-0.4, -0.2) is 32.6 Å². The number of rotatable bonds is 5. The molecule has 0 heterocycles. The van der Waals surface area contributed by atoms with Crippen molar-refractivity contribution in [1.82, 2.24) is 0 Å². The second kappa shape index (κ2) is 5.18. The zero-order valence-corrected chi connectivity index (χ0v) is 8.63. The van der Waals surface area contributed by atoms with Crippen LogP contribution in [0.4, 0.5) is 0 Å². The Morgan fingerprint density at radius 2 is 2.08 bits per heavy atom. The molecule has 0 fully saturated rings. The van der Waals surface area contributed by atoms with Gasteiger partial charge in [-0.2, -0.15) is 0 Å². The third-order valence-corrected chi connectivity index (χ3v) is 2.82. The van der Waals surface area contributed by atoms with Crippen LogP contribution in [-0.2, 0) is 19.4 Å². The number of nitrogens with two attached hydrogens (primary N) is 1. The van der Waals surface area contributed by atoms with E-state index in [4.69, 9.17) is 5.73 Å². The number of carbonyl (C=O) groups is 1. The molecule has 6 heteroatoms. The minimum Gasteiger partial charge on any atom is -0.466 e. The largest absolute Gasteiger partial charge is 0.466 e. The van der Waals surface area contributed by atoms with Crippen molar-refractivity contribution in [2.24, 2.45) is 5.73 Å². The Hall–Kier alpha value is -0.620. The van der Waals surface area contributed by atoms with Crippen LogP contribution in [0.3, 0.4) is 0 Å². The molecule has 0 amide bonds. The van der Waals surface area contributed by atoms with Gasteiger partial charge in [0, 0.05) is 13.2 Å². The van der Waals surface area contributed by atoms with E-state index in [1.54, 1.807) is 0 Å². The monoisotopic (exact) mass is 209 g/mol. The Morgan fingerprint density at radius 3 is 2.46 bits per heavy atom. The first-order valence-electron chi connectivity index (χ1n) is 3.92. The van der Waals surface area contributed by atoms with Gasteiger partial charge in [-0.15, -0.1) is 0 Å². The Morgan fingerprint density at radius 1 is 1.54 bits per heavy atom. The molecule has 1 unspecified atom stereocenters. The Balaban J connectivity index is 3.61. The highest BCUT2D eigenvalue weighted by molar-refractivity contribution is 7.91. The van der Waals surface area contributed by atoms with Gasteiger partial charge in [-0.25, -0.2) is 8.42 Å². The zero-order chi connectivity index (χ0) is 10.5. The number of esters is 1. The van der Waals surface area contributed by atoms with E-state index in [9.17, 15) is 13.2 Å². The van der Waals surface area contributed by atoms with Crippen LogP contribution in [0.15, 0.2) is 0 Å². The SMILES string of the molecule is CC(=O)OCCCC(N)S(C)(=O)=O. The fourth-order valence-corrected chi connectivity index (χ4v) is 1.31. The summed E-state index contributed by atoms with van der Waals surface area (Å²) in [4.78, 5) is 10.3. The molecule has 0 aromatic rings. The van der Waals surface area contributed by atoms with E-state index in [1.165, 1.54) is 6.92 Å². The van der Waals surface area contributed by atoms with Gasteiger partial charge in [0.05, 0.1) is 6.61 Å². The summed E-state index contributed by atoms with van der Waals surface area (Å²) in [6.45, 7) is 1.52. The molecule has 0 aromatic carbocycles. The molecule has 5 nitrogen and oxygen atoms in total. The molecule has 13 heavy (non-hydrogen) atoms. The molecule has 0 aromatic heterocycles. The highest BCUT2D eigenvalue weighted by Crippen LogP contribution is 2.01. The van der Waals surface area contributed by atoms with Crippen molar-refractivity contribution in [2.75, 3.05) is 12.9 Å². The van der Waals surface area contributed by atoms with E-state index in [2.05, 4.69) is 4.74 Å². The minimum atomic E-state index is -3.17.